The Labute approximate surface area is 128 Å². The molecule has 1 aliphatic carbocycles. The summed E-state index contributed by atoms with van der Waals surface area (Å²) in [5.74, 6) is 1.60. The molecule has 2 heteroatoms. The smallest absolute Gasteiger partial charge is 0.0483 e. The number of fused-ring (bicyclic) bond motifs is 1. The van der Waals surface area contributed by atoms with E-state index in [0.29, 0.717) is 5.92 Å². The van der Waals surface area contributed by atoms with Gasteiger partial charge in [0, 0.05) is 30.2 Å². The molecule has 0 atom stereocenters. The van der Waals surface area contributed by atoms with Crippen LogP contribution in [0.5, 0.6) is 0 Å². The van der Waals surface area contributed by atoms with Crippen molar-refractivity contribution in [2.45, 2.75) is 52.6 Å². The van der Waals surface area contributed by atoms with Crippen LogP contribution in [0.25, 0.3) is 10.9 Å². The molecule has 0 amide bonds. The minimum atomic E-state index is 0.705. The minimum absolute atomic E-state index is 0.705. The highest BCUT2D eigenvalue weighted by Gasteiger charge is 2.16. The first kappa shape index (κ1) is 14.6. The molecule has 2 nitrogen and oxygen atoms in total. The van der Waals surface area contributed by atoms with E-state index in [1.165, 1.54) is 48.7 Å². The molecule has 3 rings (SSSR count). The summed E-state index contributed by atoms with van der Waals surface area (Å²) in [6.07, 6.45) is 7.96. The van der Waals surface area contributed by atoms with E-state index in [2.05, 4.69) is 54.2 Å². The first-order valence-electron chi connectivity index (χ1n) is 8.51. The lowest BCUT2D eigenvalue weighted by atomic mass is 10.1. The zero-order chi connectivity index (χ0) is 14.7. The van der Waals surface area contributed by atoms with Crippen molar-refractivity contribution < 1.29 is 0 Å². The second kappa shape index (κ2) is 6.65. The van der Waals surface area contributed by atoms with Crippen molar-refractivity contribution >= 4 is 10.9 Å². The zero-order valence-corrected chi connectivity index (χ0v) is 13.4. The number of rotatable bonds is 6. The standard InChI is InChI=1S/C19H28N2/c1-15(2)12-20-13-17-8-5-9-19-18(17)10-11-21(19)14-16-6-3-4-7-16/h5,8-11,15-16,20H,3-4,6-7,12-14H2,1-2H3. The van der Waals surface area contributed by atoms with Gasteiger partial charge in [-0.15, -0.1) is 0 Å². The second-order valence-corrected chi connectivity index (χ2v) is 6.99. The van der Waals surface area contributed by atoms with Crippen LogP contribution in [0.4, 0.5) is 0 Å². The molecule has 1 aromatic carbocycles. The molecule has 0 spiro atoms. The largest absolute Gasteiger partial charge is 0.347 e. The third-order valence-electron chi connectivity index (χ3n) is 4.70. The van der Waals surface area contributed by atoms with Gasteiger partial charge in [0.15, 0.2) is 0 Å². The first-order chi connectivity index (χ1) is 10.2. The monoisotopic (exact) mass is 284 g/mol. The van der Waals surface area contributed by atoms with E-state index < -0.39 is 0 Å². The Balaban J connectivity index is 1.75. The molecule has 0 radical (unpaired) electrons. The van der Waals surface area contributed by atoms with Gasteiger partial charge < -0.3 is 9.88 Å². The van der Waals surface area contributed by atoms with E-state index >= 15 is 0 Å². The maximum atomic E-state index is 3.57. The van der Waals surface area contributed by atoms with Crippen molar-refractivity contribution in [3.8, 4) is 0 Å². The summed E-state index contributed by atoms with van der Waals surface area (Å²) in [7, 11) is 0. The maximum Gasteiger partial charge on any atom is 0.0483 e. The van der Waals surface area contributed by atoms with Gasteiger partial charge in [-0.1, -0.05) is 38.8 Å². The summed E-state index contributed by atoms with van der Waals surface area (Å²) in [5.41, 5.74) is 2.84. The maximum absolute atomic E-state index is 3.57. The van der Waals surface area contributed by atoms with E-state index in [1.807, 2.05) is 0 Å². The Bertz CT molecular complexity index is 576. The van der Waals surface area contributed by atoms with Crippen molar-refractivity contribution in [3.05, 3.63) is 36.0 Å². The molecular weight excluding hydrogens is 256 g/mol. The second-order valence-electron chi connectivity index (χ2n) is 6.99. The summed E-state index contributed by atoms with van der Waals surface area (Å²) in [4.78, 5) is 0. The Kier molecular flexibility index (Phi) is 4.64. The van der Waals surface area contributed by atoms with E-state index in [4.69, 9.17) is 0 Å². The van der Waals surface area contributed by atoms with Gasteiger partial charge >= 0.3 is 0 Å². The van der Waals surface area contributed by atoms with Gasteiger partial charge in [-0.2, -0.15) is 0 Å². The van der Waals surface area contributed by atoms with Crippen molar-refractivity contribution in [2.75, 3.05) is 6.54 Å². The minimum Gasteiger partial charge on any atom is -0.347 e. The SMILES string of the molecule is CC(C)CNCc1cccc2c1ccn2CC1CCCC1. The van der Waals surface area contributed by atoms with Crippen LogP contribution in [0, 0.1) is 11.8 Å². The fourth-order valence-electron chi connectivity index (χ4n) is 3.57. The predicted molar refractivity (Wildman–Crippen MR) is 90.4 cm³/mol. The lowest BCUT2D eigenvalue weighted by Gasteiger charge is -2.12. The number of hydrogen-bond donors (Lipinski definition) is 1. The molecule has 1 N–H and O–H groups in total. The predicted octanol–water partition coefficient (Wildman–Crippen LogP) is 4.58. The van der Waals surface area contributed by atoms with Gasteiger partial charge in [0.1, 0.15) is 0 Å². The van der Waals surface area contributed by atoms with Crippen LogP contribution >= 0.6 is 0 Å². The summed E-state index contributed by atoms with van der Waals surface area (Å²) >= 11 is 0. The third-order valence-corrected chi connectivity index (χ3v) is 4.70. The van der Waals surface area contributed by atoms with Crippen molar-refractivity contribution in [1.82, 2.24) is 9.88 Å². The van der Waals surface area contributed by atoms with Crippen molar-refractivity contribution in [1.29, 1.82) is 0 Å². The Morgan fingerprint density at radius 3 is 2.76 bits per heavy atom. The fraction of sp³-hybridized carbons (Fsp3) is 0.579. The highest BCUT2D eigenvalue weighted by molar-refractivity contribution is 5.83. The lowest BCUT2D eigenvalue weighted by molar-refractivity contribution is 0.466. The summed E-state index contributed by atoms with van der Waals surface area (Å²) < 4.78 is 2.47. The van der Waals surface area contributed by atoms with Crippen molar-refractivity contribution in [3.63, 3.8) is 0 Å². The molecule has 0 bridgehead atoms. The molecule has 114 valence electrons. The van der Waals surface area contributed by atoms with E-state index in [1.54, 1.807) is 0 Å². The molecular formula is C19H28N2. The average molecular weight is 284 g/mol. The van der Waals surface area contributed by atoms with Crippen LogP contribution in [0.1, 0.15) is 45.1 Å². The number of aromatic nitrogens is 1. The highest BCUT2D eigenvalue weighted by atomic mass is 15.0. The van der Waals surface area contributed by atoms with Crippen LogP contribution in [0.2, 0.25) is 0 Å². The van der Waals surface area contributed by atoms with Gasteiger partial charge in [0.05, 0.1) is 0 Å². The third kappa shape index (κ3) is 3.49. The topological polar surface area (TPSA) is 17.0 Å². The number of hydrogen-bond acceptors (Lipinski definition) is 1. The van der Waals surface area contributed by atoms with E-state index in [-0.39, 0.29) is 0 Å². The van der Waals surface area contributed by atoms with E-state index in [9.17, 15) is 0 Å². The van der Waals surface area contributed by atoms with Crippen LogP contribution in [-0.4, -0.2) is 11.1 Å². The summed E-state index contributed by atoms with van der Waals surface area (Å²) in [5, 5.41) is 4.99. The molecule has 1 aliphatic rings. The molecule has 1 saturated carbocycles. The quantitative estimate of drug-likeness (QED) is 0.821. The molecule has 0 aliphatic heterocycles. The molecule has 1 aromatic heterocycles. The summed E-state index contributed by atoms with van der Waals surface area (Å²) in [6, 6.07) is 9.04. The number of benzene rings is 1. The van der Waals surface area contributed by atoms with Crippen LogP contribution in [0.15, 0.2) is 30.5 Å². The molecule has 2 aromatic rings. The Morgan fingerprint density at radius 1 is 1.19 bits per heavy atom. The Hall–Kier alpha value is -1.28. The van der Waals surface area contributed by atoms with Crippen LogP contribution in [-0.2, 0) is 13.1 Å². The number of nitrogens with zero attached hydrogens (tertiary/aromatic N) is 1. The molecule has 1 heterocycles. The Morgan fingerprint density at radius 2 is 2.00 bits per heavy atom. The van der Waals surface area contributed by atoms with Crippen LogP contribution in [0.3, 0.4) is 0 Å². The van der Waals surface area contributed by atoms with Gasteiger partial charge in [-0.25, -0.2) is 0 Å². The van der Waals surface area contributed by atoms with Gasteiger partial charge in [0.2, 0.25) is 0 Å². The van der Waals surface area contributed by atoms with Gasteiger partial charge in [-0.3, -0.25) is 0 Å². The number of nitrogens with one attached hydrogen (secondary N) is 1. The normalized spacial score (nSPS) is 16.3. The fourth-order valence-corrected chi connectivity index (χ4v) is 3.57. The lowest BCUT2D eigenvalue weighted by Crippen LogP contribution is -2.19. The highest BCUT2D eigenvalue weighted by Crippen LogP contribution is 2.28. The van der Waals surface area contributed by atoms with Crippen molar-refractivity contribution in [2.24, 2.45) is 11.8 Å². The molecule has 1 fully saturated rings. The van der Waals surface area contributed by atoms with Crippen LogP contribution < -0.4 is 5.32 Å². The first-order valence-corrected chi connectivity index (χ1v) is 8.51. The molecule has 0 unspecified atom stereocenters. The zero-order valence-electron chi connectivity index (χ0n) is 13.4. The molecule has 0 saturated heterocycles. The molecule has 21 heavy (non-hydrogen) atoms. The van der Waals surface area contributed by atoms with Gasteiger partial charge in [-0.05, 0) is 48.9 Å². The average Bonchev–Trinajstić information content (AvgIpc) is 3.10. The summed E-state index contributed by atoms with van der Waals surface area (Å²) in [6.45, 7) is 7.77. The van der Waals surface area contributed by atoms with Gasteiger partial charge in [0.25, 0.3) is 0 Å². The van der Waals surface area contributed by atoms with E-state index in [0.717, 1.165) is 19.0 Å².